The Labute approximate surface area is 134 Å². The number of alkyl halides is 3. The van der Waals surface area contributed by atoms with E-state index >= 15 is 0 Å². The zero-order valence-corrected chi connectivity index (χ0v) is 13.2. The number of hydrogen-bond donors (Lipinski definition) is 1. The maximum absolute atomic E-state index is 13.4. The first-order valence-electron chi connectivity index (χ1n) is 7.65. The smallest absolute Gasteiger partial charge is 0.389 e. The van der Waals surface area contributed by atoms with Crippen molar-refractivity contribution in [2.24, 2.45) is 0 Å². The summed E-state index contributed by atoms with van der Waals surface area (Å²) in [5.74, 6) is -1.31. The highest BCUT2D eigenvalue weighted by Gasteiger charge is 2.45. The molecule has 2 aliphatic rings. The maximum atomic E-state index is 13.4. The molecule has 2 unspecified atom stereocenters. The second-order valence-corrected chi connectivity index (χ2v) is 8.62. The summed E-state index contributed by atoms with van der Waals surface area (Å²) >= 11 is 0. The Bertz CT molecular complexity index is 613. The number of rotatable bonds is 2. The monoisotopic (exact) mass is 350 g/mol. The van der Waals surface area contributed by atoms with Gasteiger partial charge in [0.15, 0.2) is 0 Å². The van der Waals surface area contributed by atoms with Gasteiger partial charge >= 0.3 is 6.18 Å². The van der Waals surface area contributed by atoms with Crippen LogP contribution in [-0.2, 0) is 23.4 Å². The number of fused-ring (bicyclic) bond motifs is 2. The second kappa shape index (κ2) is 5.84. The second-order valence-electron chi connectivity index (χ2n) is 6.62. The van der Waals surface area contributed by atoms with Crippen molar-refractivity contribution in [2.45, 2.75) is 60.8 Å². The lowest BCUT2D eigenvalue weighted by Crippen LogP contribution is -2.50. The largest absolute Gasteiger partial charge is 0.419 e. The Morgan fingerprint density at radius 1 is 1.22 bits per heavy atom. The lowest BCUT2D eigenvalue weighted by atomic mass is 9.81. The van der Waals surface area contributed by atoms with Crippen molar-refractivity contribution in [3.63, 3.8) is 0 Å². The summed E-state index contributed by atoms with van der Waals surface area (Å²) < 4.78 is 63.9. The molecule has 2 saturated heterocycles. The van der Waals surface area contributed by atoms with Gasteiger partial charge < -0.3 is 5.11 Å². The van der Waals surface area contributed by atoms with Gasteiger partial charge in [0.25, 0.3) is 0 Å². The van der Waals surface area contributed by atoms with Crippen LogP contribution in [0.5, 0.6) is 0 Å². The third kappa shape index (κ3) is 3.45. The molecule has 2 nitrogen and oxygen atoms in total. The fraction of sp³-hybridized carbons (Fsp3) is 0.625. The predicted octanol–water partition coefficient (Wildman–Crippen LogP) is 3.58. The van der Waals surface area contributed by atoms with Gasteiger partial charge in [-0.1, -0.05) is 12.5 Å². The van der Waals surface area contributed by atoms with Gasteiger partial charge in [0, 0.05) is 27.7 Å². The molecular formula is C16H18F4O2S. The Kier molecular flexibility index (Phi) is 4.29. The van der Waals surface area contributed by atoms with Crippen LogP contribution < -0.4 is 0 Å². The first-order valence-corrected chi connectivity index (χ1v) is 8.93. The molecule has 0 spiro atoms. The van der Waals surface area contributed by atoms with Crippen LogP contribution in [-0.4, -0.2) is 25.4 Å². The number of hydrogen-bond acceptors (Lipinski definition) is 2. The van der Waals surface area contributed by atoms with E-state index in [1.165, 1.54) is 6.07 Å². The Morgan fingerprint density at radius 3 is 2.39 bits per heavy atom. The molecule has 3 rings (SSSR count). The molecule has 1 aromatic carbocycles. The van der Waals surface area contributed by atoms with Gasteiger partial charge in [0.1, 0.15) is 5.82 Å². The Balaban J connectivity index is 1.83. The molecule has 1 N–H and O–H groups in total. The van der Waals surface area contributed by atoms with Crippen molar-refractivity contribution < 1.29 is 26.9 Å². The van der Waals surface area contributed by atoms with Crippen molar-refractivity contribution in [3.05, 3.63) is 35.1 Å². The number of aliphatic hydroxyl groups is 1. The Morgan fingerprint density at radius 2 is 1.83 bits per heavy atom. The molecule has 0 saturated carbocycles. The summed E-state index contributed by atoms with van der Waals surface area (Å²) in [5, 5.41) is 10.6. The van der Waals surface area contributed by atoms with Crippen LogP contribution in [0.15, 0.2) is 18.2 Å². The lowest BCUT2D eigenvalue weighted by molar-refractivity contribution is -0.140. The molecule has 2 fully saturated rings. The summed E-state index contributed by atoms with van der Waals surface area (Å²) in [5.41, 5.74) is -2.21. The molecule has 2 atom stereocenters. The molecule has 7 heteroatoms. The van der Waals surface area contributed by atoms with E-state index in [-0.39, 0.29) is 22.5 Å². The van der Waals surface area contributed by atoms with E-state index in [1.807, 2.05) is 0 Å². The fourth-order valence-corrected chi connectivity index (χ4v) is 6.09. The van der Waals surface area contributed by atoms with Crippen molar-refractivity contribution in [1.29, 1.82) is 0 Å². The summed E-state index contributed by atoms with van der Waals surface area (Å²) in [4.78, 5) is 0. The zero-order chi connectivity index (χ0) is 16.8. The topological polar surface area (TPSA) is 37.3 Å². The quantitative estimate of drug-likeness (QED) is 0.828. The molecular weight excluding hydrogens is 332 g/mol. The van der Waals surface area contributed by atoms with Gasteiger partial charge in [-0.25, -0.2) is 4.39 Å². The third-order valence-corrected chi connectivity index (χ3v) is 6.91. The van der Waals surface area contributed by atoms with Gasteiger partial charge in [-0.3, -0.25) is 4.21 Å². The third-order valence-electron chi connectivity index (χ3n) is 4.79. The molecule has 2 bridgehead atoms. The lowest BCUT2D eigenvalue weighted by Gasteiger charge is -2.43. The van der Waals surface area contributed by atoms with Gasteiger partial charge in [-0.15, -0.1) is 0 Å². The molecule has 0 aromatic heterocycles. The summed E-state index contributed by atoms with van der Waals surface area (Å²) in [7, 11) is -0.963. The molecule has 0 aliphatic carbocycles. The van der Waals surface area contributed by atoms with E-state index in [0.717, 1.165) is 31.4 Å². The van der Waals surface area contributed by atoms with Crippen LogP contribution in [0.25, 0.3) is 0 Å². The molecule has 2 aliphatic heterocycles. The number of benzene rings is 1. The minimum absolute atomic E-state index is 0.0283. The van der Waals surface area contributed by atoms with E-state index in [4.69, 9.17) is 0 Å². The van der Waals surface area contributed by atoms with Crippen molar-refractivity contribution in [3.8, 4) is 0 Å². The van der Waals surface area contributed by atoms with E-state index < -0.39 is 34.0 Å². The van der Waals surface area contributed by atoms with Crippen LogP contribution in [0.4, 0.5) is 17.6 Å². The van der Waals surface area contributed by atoms with Crippen LogP contribution in [0.1, 0.15) is 43.2 Å². The van der Waals surface area contributed by atoms with Gasteiger partial charge in [0.05, 0.1) is 11.2 Å². The van der Waals surface area contributed by atoms with Crippen LogP contribution in [0, 0.1) is 5.82 Å². The fourth-order valence-electron chi connectivity index (χ4n) is 3.80. The highest BCUT2D eigenvalue weighted by Crippen LogP contribution is 2.41. The molecule has 2 heterocycles. The highest BCUT2D eigenvalue weighted by atomic mass is 32.2. The van der Waals surface area contributed by atoms with Crippen LogP contribution >= 0.6 is 0 Å². The molecule has 128 valence electrons. The van der Waals surface area contributed by atoms with Crippen LogP contribution in [0.3, 0.4) is 0 Å². The maximum Gasteiger partial charge on any atom is 0.419 e. The minimum atomic E-state index is -4.76. The standard InChI is InChI=1S/C16H18F4O2S/c17-14-5-4-10(6-13(14)16(18,19)20)7-15(21)8-11-2-1-3-12(9-15)23(11)22/h4-6,11-12,21H,1-3,7-9H2. The summed E-state index contributed by atoms with van der Waals surface area (Å²) in [6, 6.07) is 2.85. The molecule has 0 amide bonds. The van der Waals surface area contributed by atoms with Crippen molar-refractivity contribution >= 4 is 10.8 Å². The van der Waals surface area contributed by atoms with E-state index in [0.29, 0.717) is 12.8 Å². The van der Waals surface area contributed by atoms with E-state index in [1.54, 1.807) is 0 Å². The highest BCUT2D eigenvalue weighted by molar-refractivity contribution is 7.86. The average molecular weight is 350 g/mol. The SMILES string of the molecule is O=S1C2CCCC1CC(O)(Cc1ccc(F)c(C(F)(F)F)c1)C2. The number of halogens is 4. The van der Waals surface area contributed by atoms with E-state index in [2.05, 4.69) is 0 Å². The summed E-state index contributed by atoms with van der Waals surface area (Å²) in [6.45, 7) is 0. The predicted molar refractivity (Wildman–Crippen MR) is 78.9 cm³/mol. The van der Waals surface area contributed by atoms with Gasteiger partial charge in [-0.05, 0) is 43.4 Å². The Hall–Kier alpha value is -0.950. The van der Waals surface area contributed by atoms with Crippen molar-refractivity contribution in [2.75, 3.05) is 0 Å². The first-order chi connectivity index (χ1) is 10.7. The average Bonchev–Trinajstić information content (AvgIpc) is 2.42. The minimum Gasteiger partial charge on any atom is -0.389 e. The molecule has 0 radical (unpaired) electrons. The first kappa shape index (κ1) is 16.9. The van der Waals surface area contributed by atoms with Crippen LogP contribution in [0.2, 0.25) is 0 Å². The van der Waals surface area contributed by atoms with Gasteiger partial charge in [0.2, 0.25) is 0 Å². The van der Waals surface area contributed by atoms with Crippen molar-refractivity contribution in [1.82, 2.24) is 0 Å². The van der Waals surface area contributed by atoms with E-state index in [9.17, 15) is 26.9 Å². The molecule has 1 aromatic rings. The molecule has 23 heavy (non-hydrogen) atoms. The normalized spacial score (nSPS) is 34.4. The van der Waals surface area contributed by atoms with Gasteiger partial charge in [-0.2, -0.15) is 13.2 Å². The summed E-state index contributed by atoms with van der Waals surface area (Å²) in [6.07, 6.45) is -1.53. The zero-order valence-electron chi connectivity index (χ0n) is 12.4.